The summed E-state index contributed by atoms with van der Waals surface area (Å²) in [6.07, 6.45) is 0.922. The number of carbonyl (C=O) groups excluding carboxylic acids is 2. The van der Waals surface area contributed by atoms with Crippen molar-refractivity contribution in [3.8, 4) is 0 Å². The number of hydrogen-bond acceptors (Lipinski definition) is 4. The van der Waals surface area contributed by atoms with E-state index in [4.69, 9.17) is 0 Å². The van der Waals surface area contributed by atoms with E-state index >= 15 is 0 Å². The summed E-state index contributed by atoms with van der Waals surface area (Å²) < 4.78 is 0. The molecule has 0 N–H and O–H groups in total. The molecule has 2 aliphatic rings. The molecule has 3 heterocycles. The smallest absolute Gasteiger partial charge is 0.264 e. The van der Waals surface area contributed by atoms with Crippen molar-refractivity contribution in [3.63, 3.8) is 0 Å². The van der Waals surface area contributed by atoms with Crippen LogP contribution in [-0.4, -0.2) is 60.4 Å². The van der Waals surface area contributed by atoms with Gasteiger partial charge in [0.25, 0.3) is 5.91 Å². The topological polar surface area (TPSA) is 43.9 Å². The number of rotatable bonds is 3. The van der Waals surface area contributed by atoms with Crippen molar-refractivity contribution in [1.29, 1.82) is 0 Å². The fourth-order valence-corrected chi connectivity index (χ4v) is 4.57. The van der Waals surface area contributed by atoms with Crippen LogP contribution in [0, 0.1) is 0 Å². The van der Waals surface area contributed by atoms with E-state index < -0.39 is 0 Å². The molecule has 0 saturated carbocycles. The molecule has 136 valence electrons. The van der Waals surface area contributed by atoms with Crippen LogP contribution in [0.5, 0.6) is 0 Å². The number of piperazine rings is 1. The summed E-state index contributed by atoms with van der Waals surface area (Å²) in [7, 11) is 0. The molecule has 0 aliphatic carbocycles. The number of anilines is 1. The minimum Gasteiger partial charge on any atom is -0.335 e. The lowest BCUT2D eigenvalue weighted by molar-refractivity contribution is -0.120. The molecule has 2 amide bonds. The molecule has 6 heteroatoms. The molecular formula is C20H23N3O2S. The molecule has 0 bridgehead atoms. The van der Waals surface area contributed by atoms with Crippen molar-refractivity contribution in [2.45, 2.75) is 19.4 Å². The largest absolute Gasteiger partial charge is 0.335 e. The molecule has 2 aliphatic heterocycles. The SMILES string of the molecule is C[C@H]1Cc2ccccc2N1C(=O)CN1CCN(C(=O)c2cccs2)CC1. The minimum absolute atomic E-state index is 0.105. The Kier molecular flexibility index (Phi) is 4.78. The third kappa shape index (κ3) is 3.27. The molecule has 1 saturated heterocycles. The molecule has 1 atom stereocenters. The Hall–Kier alpha value is -2.18. The molecule has 0 unspecified atom stereocenters. The maximum Gasteiger partial charge on any atom is 0.264 e. The summed E-state index contributed by atoms with van der Waals surface area (Å²) in [6, 6.07) is 12.1. The molecule has 4 rings (SSSR count). The van der Waals surface area contributed by atoms with Crippen LogP contribution >= 0.6 is 11.3 Å². The number of fused-ring (bicyclic) bond motifs is 1. The second kappa shape index (κ2) is 7.21. The lowest BCUT2D eigenvalue weighted by atomic mass is 10.1. The van der Waals surface area contributed by atoms with Gasteiger partial charge in [-0.3, -0.25) is 14.5 Å². The maximum absolute atomic E-state index is 12.9. The monoisotopic (exact) mass is 369 g/mol. The summed E-state index contributed by atoms with van der Waals surface area (Å²) in [5.74, 6) is 0.258. The Labute approximate surface area is 157 Å². The van der Waals surface area contributed by atoms with Crippen LogP contribution in [0.3, 0.4) is 0 Å². The van der Waals surface area contributed by atoms with Gasteiger partial charge in [0.1, 0.15) is 0 Å². The Balaban J connectivity index is 1.35. The van der Waals surface area contributed by atoms with Crippen molar-refractivity contribution in [2.75, 3.05) is 37.6 Å². The highest BCUT2D eigenvalue weighted by atomic mass is 32.1. The lowest BCUT2D eigenvalue weighted by Gasteiger charge is -2.35. The Morgan fingerprint density at radius 3 is 2.58 bits per heavy atom. The molecule has 2 aromatic rings. The van der Waals surface area contributed by atoms with Gasteiger partial charge in [0.05, 0.1) is 11.4 Å². The van der Waals surface area contributed by atoms with Crippen molar-refractivity contribution < 1.29 is 9.59 Å². The van der Waals surface area contributed by atoms with Gasteiger partial charge >= 0.3 is 0 Å². The number of benzene rings is 1. The van der Waals surface area contributed by atoms with E-state index in [1.807, 2.05) is 45.5 Å². The van der Waals surface area contributed by atoms with E-state index in [0.29, 0.717) is 19.6 Å². The fourth-order valence-electron chi connectivity index (χ4n) is 3.88. The number of thiophene rings is 1. The van der Waals surface area contributed by atoms with Crippen LogP contribution in [0.15, 0.2) is 41.8 Å². The number of para-hydroxylation sites is 1. The zero-order valence-corrected chi connectivity index (χ0v) is 15.7. The predicted molar refractivity (Wildman–Crippen MR) is 104 cm³/mol. The predicted octanol–water partition coefficient (Wildman–Crippen LogP) is 2.48. The number of hydrogen-bond donors (Lipinski definition) is 0. The third-order valence-corrected chi connectivity index (χ3v) is 6.08. The quantitative estimate of drug-likeness (QED) is 0.835. The van der Waals surface area contributed by atoms with Crippen LogP contribution in [0.4, 0.5) is 5.69 Å². The van der Waals surface area contributed by atoms with Gasteiger partial charge in [-0.05, 0) is 36.4 Å². The first-order chi connectivity index (χ1) is 12.6. The van der Waals surface area contributed by atoms with E-state index in [2.05, 4.69) is 17.9 Å². The molecule has 0 radical (unpaired) electrons. The number of carbonyl (C=O) groups is 2. The second-order valence-electron chi connectivity index (χ2n) is 6.99. The van der Waals surface area contributed by atoms with Crippen LogP contribution in [0.1, 0.15) is 22.2 Å². The fraction of sp³-hybridized carbons (Fsp3) is 0.400. The van der Waals surface area contributed by atoms with Gasteiger partial charge in [0.15, 0.2) is 0 Å². The number of amides is 2. The molecule has 1 aromatic carbocycles. The first kappa shape index (κ1) is 17.2. The van der Waals surface area contributed by atoms with E-state index in [1.165, 1.54) is 16.9 Å². The summed E-state index contributed by atoms with van der Waals surface area (Å²) in [5, 5.41) is 1.93. The first-order valence-corrected chi connectivity index (χ1v) is 9.96. The van der Waals surface area contributed by atoms with Gasteiger partial charge in [-0.1, -0.05) is 24.3 Å². The summed E-state index contributed by atoms with van der Waals surface area (Å²) >= 11 is 1.48. The average Bonchev–Trinajstić information content (AvgIpc) is 3.28. The molecule has 26 heavy (non-hydrogen) atoms. The van der Waals surface area contributed by atoms with E-state index in [1.54, 1.807) is 0 Å². The molecular weight excluding hydrogens is 346 g/mol. The zero-order chi connectivity index (χ0) is 18.1. The standard InChI is InChI=1S/C20H23N3O2S/c1-15-13-16-5-2-3-6-17(16)23(15)19(24)14-21-8-10-22(11-9-21)20(25)18-7-4-12-26-18/h2-7,12,15H,8-11,13-14H2,1H3/t15-/m0/s1. The third-order valence-electron chi connectivity index (χ3n) is 5.23. The van der Waals surface area contributed by atoms with Crippen molar-refractivity contribution in [2.24, 2.45) is 0 Å². The number of nitrogens with zero attached hydrogens (tertiary/aromatic N) is 3. The molecule has 0 spiro atoms. The van der Waals surface area contributed by atoms with Crippen LogP contribution in [0.2, 0.25) is 0 Å². The summed E-state index contributed by atoms with van der Waals surface area (Å²) in [6.45, 7) is 5.36. The van der Waals surface area contributed by atoms with Crippen LogP contribution in [-0.2, 0) is 11.2 Å². The average molecular weight is 369 g/mol. The minimum atomic E-state index is 0.105. The Morgan fingerprint density at radius 2 is 1.85 bits per heavy atom. The van der Waals surface area contributed by atoms with E-state index in [9.17, 15) is 9.59 Å². The van der Waals surface area contributed by atoms with Crippen LogP contribution in [0.25, 0.3) is 0 Å². The Morgan fingerprint density at radius 1 is 1.08 bits per heavy atom. The van der Waals surface area contributed by atoms with E-state index in [-0.39, 0.29) is 17.9 Å². The highest BCUT2D eigenvalue weighted by Gasteiger charge is 2.32. The lowest BCUT2D eigenvalue weighted by Crippen LogP contribution is -2.52. The van der Waals surface area contributed by atoms with Gasteiger partial charge in [-0.25, -0.2) is 0 Å². The summed E-state index contributed by atoms with van der Waals surface area (Å²) in [4.78, 5) is 32.1. The highest BCUT2D eigenvalue weighted by Crippen LogP contribution is 2.31. The van der Waals surface area contributed by atoms with Gasteiger partial charge in [0.2, 0.25) is 5.91 Å². The molecule has 1 aromatic heterocycles. The zero-order valence-electron chi connectivity index (χ0n) is 14.9. The van der Waals surface area contributed by atoms with Crippen LogP contribution < -0.4 is 4.90 Å². The maximum atomic E-state index is 12.9. The van der Waals surface area contributed by atoms with Gasteiger partial charge in [-0.2, -0.15) is 0 Å². The first-order valence-electron chi connectivity index (χ1n) is 9.08. The van der Waals surface area contributed by atoms with Crippen molar-refractivity contribution >= 4 is 28.8 Å². The van der Waals surface area contributed by atoms with E-state index in [0.717, 1.165) is 30.1 Å². The second-order valence-corrected chi connectivity index (χ2v) is 7.94. The molecule has 1 fully saturated rings. The van der Waals surface area contributed by atoms with Gasteiger partial charge < -0.3 is 9.80 Å². The van der Waals surface area contributed by atoms with Crippen molar-refractivity contribution in [3.05, 3.63) is 52.2 Å². The van der Waals surface area contributed by atoms with Gasteiger partial charge in [-0.15, -0.1) is 11.3 Å². The Bertz CT molecular complexity index is 797. The summed E-state index contributed by atoms with van der Waals surface area (Å²) in [5.41, 5.74) is 2.30. The molecule has 5 nitrogen and oxygen atoms in total. The van der Waals surface area contributed by atoms with Gasteiger partial charge in [0, 0.05) is 37.9 Å². The normalized spacial score (nSPS) is 20.3. The van der Waals surface area contributed by atoms with Crippen molar-refractivity contribution in [1.82, 2.24) is 9.80 Å². The highest BCUT2D eigenvalue weighted by molar-refractivity contribution is 7.12.